The Labute approximate surface area is 298 Å². The first-order chi connectivity index (χ1) is 23.3. The van der Waals surface area contributed by atoms with Crippen LogP contribution in [-0.4, -0.2) is 47.7 Å². The Morgan fingerprint density at radius 2 is 0.792 bits per heavy atom. The van der Waals surface area contributed by atoms with Crippen LogP contribution in [0.4, 0.5) is 0 Å². The number of carboxylic acids is 2. The molecule has 0 saturated carbocycles. The lowest BCUT2D eigenvalue weighted by molar-refractivity contribution is -0.929. The number of carboxylic acid groups (broad SMARTS) is 2. The van der Waals surface area contributed by atoms with Gasteiger partial charge < -0.3 is 19.5 Å². The minimum absolute atomic E-state index is 0.130. The summed E-state index contributed by atoms with van der Waals surface area (Å²) in [7, 11) is 0. The highest BCUT2D eigenvalue weighted by Gasteiger charge is 2.25. The summed E-state index contributed by atoms with van der Waals surface area (Å²) in [5, 5.41) is 19.4. The summed E-state index contributed by atoms with van der Waals surface area (Å²) < 4.78 is 1.47. The highest BCUT2D eigenvalue weighted by atomic mass is 32.2. The molecule has 0 amide bonds. The Morgan fingerprint density at radius 3 is 1.06 bits per heavy atom. The monoisotopic (exact) mass is 683 g/mol. The van der Waals surface area contributed by atoms with Crippen LogP contribution in [0.2, 0.25) is 0 Å². The van der Waals surface area contributed by atoms with Gasteiger partial charge in [-0.2, -0.15) is 0 Å². The summed E-state index contributed by atoms with van der Waals surface area (Å²) in [4.78, 5) is 23.1. The molecule has 2 aromatic rings. The van der Waals surface area contributed by atoms with Gasteiger partial charge in [-0.25, -0.2) is 4.79 Å². The molecule has 0 aliphatic rings. The van der Waals surface area contributed by atoms with Crippen molar-refractivity contribution in [3.8, 4) is 0 Å². The lowest BCUT2D eigenvalue weighted by Gasteiger charge is -2.39. The molecule has 0 bridgehead atoms. The van der Waals surface area contributed by atoms with Gasteiger partial charge >= 0.3 is 5.97 Å². The Balaban J connectivity index is 0.000000519. The van der Waals surface area contributed by atoms with Crippen molar-refractivity contribution in [1.29, 1.82) is 0 Å². The van der Waals surface area contributed by atoms with Gasteiger partial charge in [-0.3, -0.25) is 0 Å². The summed E-state index contributed by atoms with van der Waals surface area (Å²) in [5.41, 5.74) is 0.363. The van der Waals surface area contributed by atoms with Gasteiger partial charge in [0, 0.05) is 9.79 Å². The van der Waals surface area contributed by atoms with Gasteiger partial charge in [0.2, 0.25) is 0 Å². The molecule has 1 N–H and O–H groups in total. The minimum Gasteiger partial charge on any atom is -0.545 e. The van der Waals surface area contributed by atoms with E-state index in [1.54, 1.807) is 24.3 Å². The maximum atomic E-state index is 10.7. The summed E-state index contributed by atoms with van der Waals surface area (Å²) >= 11 is 1.42. The van der Waals surface area contributed by atoms with E-state index in [1.165, 1.54) is 195 Å². The predicted octanol–water partition coefficient (Wildman–Crippen LogP) is 11.6. The molecular weight excluding hydrogens is 615 g/mol. The molecule has 0 fully saturated rings. The fourth-order valence-electron chi connectivity index (χ4n) is 6.33. The lowest BCUT2D eigenvalue weighted by atomic mass is 10.1. The van der Waals surface area contributed by atoms with Gasteiger partial charge in [0.1, 0.15) is 0 Å². The molecule has 0 radical (unpaired) electrons. The SMILES string of the molecule is CCCCCCC[N+](CCCCCCC)(CCCCCCC)CCCCCCC.O=C([O-])c1ccc(Sc2ccc(C(=O)O)cc2)cc1. The molecule has 0 saturated heterocycles. The van der Waals surface area contributed by atoms with Crippen LogP contribution in [0.1, 0.15) is 177 Å². The molecule has 6 heteroatoms. The van der Waals surface area contributed by atoms with E-state index in [2.05, 4.69) is 27.7 Å². The maximum Gasteiger partial charge on any atom is 0.335 e. The van der Waals surface area contributed by atoms with E-state index < -0.39 is 11.9 Å². The highest BCUT2D eigenvalue weighted by molar-refractivity contribution is 7.99. The number of aromatic carboxylic acids is 2. The second-order valence-corrected chi connectivity index (χ2v) is 14.8. The third kappa shape index (κ3) is 20.9. The second kappa shape index (κ2) is 28.5. The standard InChI is InChI=1S/C28H60N.C14H10O4S/c1-5-9-13-17-21-25-29(26-22-18-14-10-6-2,27-23-19-15-11-7-3)28-24-20-16-12-8-4;15-13(16)9-1-5-11(6-2-9)19-12-7-3-10(4-8-12)14(17)18/h5-28H2,1-4H3;1-8H,(H,15,16)(H,17,18)/q+1;/p-1. The zero-order chi connectivity index (χ0) is 35.3. The fraction of sp³-hybridized carbons (Fsp3) is 0.667. The van der Waals surface area contributed by atoms with Crippen LogP contribution in [0.5, 0.6) is 0 Å². The molecule has 0 aliphatic carbocycles. The molecule has 0 atom stereocenters. The van der Waals surface area contributed by atoms with E-state index in [4.69, 9.17) is 5.11 Å². The third-order valence-corrected chi connectivity index (χ3v) is 10.4. The van der Waals surface area contributed by atoms with Gasteiger partial charge in [-0.1, -0.05) is 129 Å². The predicted molar refractivity (Wildman–Crippen MR) is 203 cm³/mol. The molecule has 48 heavy (non-hydrogen) atoms. The Kier molecular flexibility index (Phi) is 26.0. The van der Waals surface area contributed by atoms with Crippen LogP contribution in [-0.2, 0) is 0 Å². The molecule has 0 unspecified atom stereocenters. The van der Waals surface area contributed by atoms with Gasteiger partial charge in [0.25, 0.3) is 0 Å². The Morgan fingerprint density at radius 1 is 0.500 bits per heavy atom. The number of nitrogens with zero attached hydrogens (tertiary/aromatic N) is 1. The van der Waals surface area contributed by atoms with Crippen molar-refractivity contribution in [2.24, 2.45) is 0 Å². The number of unbranched alkanes of at least 4 members (excludes halogenated alkanes) is 16. The summed E-state index contributed by atoms with van der Waals surface area (Å²) in [6.45, 7) is 15.2. The first-order valence-electron chi connectivity index (χ1n) is 19.5. The van der Waals surface area contributed by atoms with Crippen molar-refractivity contribution < 1.29 is 24.3 Å². The van der Waals surface area contributed by atoms with Crippen molar-refractivity contribution >= 4 is 23.7 Å². The number of hydrogen-bond donors (Lipinski definition) is 1. The molecule has 2 aromatic carbocycles. The number of carbonyl (C=O) groups excluding carboxylic acids is 1. The van der Waals surface area contributed by atoms with Crippen LogP contribution in [0.15, 0.2) is 58.3 Å². The van der Waals surface area contributed by atoms with E-state index >= 15 is 0 Å². The van der Waals surface area contributed by atoms with E-state index in [-0.39, 0.29) is 11.1 Å². The Bertz CT molecular complexity index is 953. The number of carbonyl (C=O) groups is 2. The number of rotatable bonds is 28. The van der Waals surface area contributed by atoms with Crippen LogP contribution < -0.4 is 5.11 Å². The van der Waals surface area contributed by atoms with E-state index in [0.29, 0.717) is 0 Å². The van der Waals surface area contributed by atoms with Crippen molar-refractivity contribution in [2.45, 2.75) is 166 Å². The molecule has 0 aromatic heterocycles. The quantitative estimate of drug-likeness (QED) is 0.0713. The second-order valence-electron chi connectivity index (χ2n) is 13.6. The zero-order valence-electron chi connectivity index (χ0n) is 31.1. The molecule has 0 heterocycles. The third-order valence-electron chi connectivity index (χ3n) is 9.37. The molecule has 5 nitrogen and oxygen atoms in total. The van der Waals surface area contributed by atoms with Crippen LogP contribution in [0, 0.1) is 0 Å². The number of hydrogen-bond acceptors (Lipinski definition) is 4. The topological polar surface area (TPSA) is 77.4 Å². The molecule has 2 rings (SSSR count). The van der Waals surface area contributed by atoms with Crippen molar-refractivity contribution in [2.75, 3.05) is 26.2 Å². The van der Waals surface area contributed by atoms with Crippen LogP contribution in [0.3, 0.4) is 0 Å². The maximum absolute atomic E-state index is 10.7. The lowest BCUT2D eigenvalue weighted by Crippen LogP contribution is -2.50. The largest absolute Gasteiger partial charge is 0.545 e. The van der Waals surface area contributed by atoms with E-state index in [9.17, 15) is 14.7 Å². The summed E-state index contributed by atoms with van der Waals surface area (Å²) in [5.74, 6) is -2.17. The highest BCUT2D eigenvalue weighted by Crippen LogP contribution is 2.28. The van der Waals surface area contributed by atoms with Gasteiger partial charge in [-0.05, 0) is 93.3 Å². The minimum atomic E-state index is -1.21. The molecule has 272 valence electrons. The van der Waals surface area contributed by atoms with E-state index in [0.717, 1.165) is 9.79 Å². The number of quaternary nitrogens is 1. The van der Waals surface area contributed by atoms with Gasteiger partial charge in [0.05, 0.1) is 37.7 Å². The smallest absolute Gasteiger partial charge is 0.335 e. The van der Waals surface area contributed by atoms with Gasteiger partial charge in [0.15, 0.2) is 0 Å². The van der Waals surface area contributed by atoms with Crippen LogP contribution in [0.25, 0.3) is 0 Å². The summed E-state index contributed by atoms with van der Waals surface area (Å²) in [6.07, 6.45) is 28.8. The van der Waals surface area contributed by atoms with Crippen LogP contribution >= 0.6 is 11.8 Å². The zero-order valence-corrected chi connectivity index (χ0v) is 31.9. The first kappa shape index (κ1) is 43.7. The number of benzene rings is 2. The van der Waals surface area contributed by atoms with Crippen molar-refractivity contribution in [3.63, 3.8) is 0 Å². The normalized spacial score (nSPS) is 11.2. The van der Waals surface area contributed by atoms with Crippen molar-refractivity contribution in [1.82, 2.24) is 0 Å². The van der Waals surface area contributed by atoms with E-state index in [1.807, 2.05) is 0 Å². The first-order valence-corrected chi connectivity index (χ1v) is 20.3. The molecule has 0 aliphatic heterocycles. The average Bonchev–Trinajstić information content (AvgIpc) is 3.08. The summed E-state index contributed by atoms with van der Waals surface area (Å²) in [6, 6.07) is 12.8. The fourth-order valence-corrected chi connectivity index (χ4v) is 7.15. The van der Waals surface area contributed by atoms with Gasteiger partial charge in [-0.15, -0.1) is 0 Å². The Hall–Kier alpha value is -2.31. The molecular formula is C42H69NO4S. The molecule has 0 spiro atoms. The van der Waals surface area contributed by atoms with Crippen molar-refractivity contribution in [3.05, 3.63) is 59.7 Å². The average molecular weight is 684 g/mol.